The first-order chi connectivity index (χ1) is 11.8. The number of benzene rings is 1. The highest BCUT2D eigenvalue weighted by molar-refractivity contribution is 7.15. The van der Waals surface area contributed by atoms with Crippen LogP contribution in [-0.4, -0.2) is 35.1 Å². The van der Waals surface area contributed by atoms with E-state index >= 15 is 0 Å². The quantitative estimate of drug-likeness (QED) is 0.709. The zero-order chi connectivity index (χ0) is 16.4. The van der Waals surface area contributed by atoms with E-state index in [0.29, 0.717) is 5.92 Å². The van der Waals surface area contributed by atoms with Gasteiger partial charge in [0.25, 0.3) is 0 Å². The lowest BCUT2D eigenvalue weighted by molar-refractivity contribution is 0.141. The molecule has 0 bridgehead atoms. The normalized spacial score (nSPS) is 15.2. The molecule has 1 fully saturated rings. The molecule has 5 heteroatoms. The summed E-state index contributed by atoms with van der Waals surface area (Å²) in [5.74, 6) is 1.51. The fourth-order valence-electron chi connectivity index (χ4n) is 3.04. The third kappa shape index (κ3) is 3.18. The average Bonchev–Trinajstić information content (AvgIpc) is 3.07. The minimum absolute atomic E-state index is 0.638. The van der Waals surface area contributed by atoms with E-state index in [9.17, 15) is 0 Å². The van der Waals surface area contributed by atoms with Crippen molar-refractivity contribution in [3.05, 3.63) is 65.4 Å². The van der Waals surface area contributed by atoms with E-state index in [1.165, 1.54) is 10.4 Å². The minimum Gasteiger partial charge on any atom is -0.497 e. The van der Waals surface area contributed by atoms with Crippen molar-refractivity contribution in [2.24, 2.45) is 0 Å². The molecule has 0 spiro atoms. The first-order valence-electron chi connectivity index (χ1n) is 8.03. The molecule has 4 nitrogen and oxygen atoms in total. The molecule has 0 aliphatic carbocycles. The van der Waals surface area contributed by atoms with Crippen LogP contribution in [-0.2, 0) is 6.54 Å². The number of aromatic nitrogens is 2. The van der Waals surface area contributed by atoms with Crippen LogP contribution in [0.25, 0.3) is 10.6 Å². The zero-order valence-corrected chi connectivity index (χ0v) is 14.4. The van der Waals surface area contributed by atoms with Crippen LogP contribution in [0.3, 0.4) is 0 Å². The van der Waals surface area contributed by atoms with Crippen LogP contribution in [0, 0.1) is 0 Å². The van der Waals surface area contributed by atoms with Gasteiger partial charge in [0.05, 0.1) is 7.11 Å². The molecule has 4 rings (SSSR count). The van der Waals surface area contributed by atoms with E-state index in [1.54, 1.807) is 18.4 Å². The lowest BCUT2D eigenvalue weighted by atomic mass is 9.92. The summed E-state index contributed by atoms with van der Waals surface area (Å²) < 4.78 is 5.29. The molecule has 3 aromatic rings. The molecule has 0 saturated carbocycles. The number of pyridine rings is 1. The second-order valence-corrected chi connectivity index (χ2v) is 7.15. The smallest absolute Gasteiger partial charge is 0.123 e. The van der Waals surface area contributed by atoms with Crippen LogP contribution in [0.1, 0.15) is 16.4 Å². The van der Waals surface area contributed by atoms with E-state index in [2.05, 4.69) is 33.1 Å². The molecule has 0 N–H and O–H groups in total. The molecule has 0 amide bonds. The Morgan fingerprint density at radius 2 is 2.04 bits per heavy atom. The fourth-order valence-corrected chi connectivity index (χ4v) is 3.99. The molecule has 3 heterocycles. The van der Waals surface area contributed by atoms with Gasteiger partial charge in [-0.3, -0.25) is 9.88 Å². The predicted octanol–water partition coefficient (Wildman–Crippen LogP) is 3.81. The van der Waals surface area contributed by atoms with E-state index in [4.69, 9.17) is 4.74 Å². The van der Waals surface area contributed by atoms with Gasteiger partial charge in [0, 0.05) is 54.6 Å². The van der Waals surface area contributed by atoms with E-state index in [-0.39, 0.29) is 0 Å². The molecule has 0 radical (unpaired) electrons. The summed E-state index contributed by atoms with van der Waals surface area (Å²) >= 11 is 1.76. The highest BCUT2D eigenvalue weighted by Crippen LogP contribution is 2.32. The first-order valence-corrected chi connectivity index (χ1v) is 8.85. The highest BCUT2D eigenvalue weighted by atomic mass is 32.1. The number of likely N-dealkylation sites (tertiary alicyclic amines) is 1. The van der Waals surface area contributed by atoms with Gasteiger partial charge in [-0.05, 0) is 29.8 Å². The summed E-state index contributed by atoms with van der Waals surface area (Å²) in [6.07, 6.45) is 5.75. The Bertz CT molecular complexity index is 812. The van der Waals surface area contributed by atoms with E-state index in [0.717, 1.165) is 36.0 Å². The molecule has 24 heavy (non-hydrogen) atoms. The van der Waals surface area contributed by atoms with Crippen molar-refractivity contribution in [2.45, 2.75) is 12.5 Å². The number of nitrogens with zero attached hydrogens (tertiary/aromatic N) is 3. The summed E-state index contributed by atoms with van der Waals surface area (Å²) in [6.45, 7) is 3.19. The summed E-state index contributed by atoms with van der Waals surface area (Å²) in [6, 6.07) is 12.3. The Kier molecular flexibility index (Phi) is 4.28. The Hall–Kier alpha value is -2.24. The maximum absolute atomic E-state index is 5.29. The molecule has 1 saturated heterocycles. The van der Waals surface area contributed by atoms with E-state index in [1.807, 2.05) is 36.8 Å². The second kappa shape index (κ2) is 6.71. The summed E-state index contributed by atoms with van der Waals surface area (Å²) in [7, 11) is 1.69. The summed E-state index contributed by atoms with van der Waals surface area (Å²) in [5.41, 5.74) is 2.51. The first kappa shape index (κ1) is 15.3. The molecule has 0 unspecified atom stereocenters. The topological polar surface area (TPSA) is 38.2 Å². The SMILES string of the molecule is COc1cccc(-c2ncc(CN3CC(c4ccncc4)C3)s2)c1. The van der Waals surface area contributed by atoms with Crippen molar-refractivity contribution in [2.75, 3.05) is 20.2 Å². The van der Waals surface area contributed by atoms with Gasteiger partial charge in [-0.25, -0.2) is 4.98 Å². The standard InChI is InChI=1S/C19H19N3OS/c1-23-17-4-2-3-15(9-17)19-21-10-18(24-19)13-22-11-16(12-22)14-5-7-20-8-6-14/h2-10,16H,11-13H2,1H3. The zero-order valence-electron chi connectivity index (χ0n) is 13.6. The number of hydrogen-bond acceptors (Lipinski definition) is 5. The van der Waals surface area contributed by atoms with Gasteiger partial charge in [0.2, 0.25) is 0 Å². The maximum Gasteiger partial charge on any atom is 0.123 e. The van der Waals surface area contributed by atoms with Crippen LogP contribution in [0.4, 0.5) is 0 Å². The van der Waals surface area contributed by atoms with Crippen LogP contribution < -0.4 is 4.74 Å². The lowest BCUT2D eigenvalue weighted by Crippen LogP contribution is -2.43. The van der Waals surface area contributed by atoms with Crippen molar-refractivity contribution >= 4 is 11.3 Å². The summed E-state index contributed by atoms with van der Waals surface area (Å²) in [4.78, 5) is 12.4. The second-order valence-electron chi connectivity index (χ2n) is 6.04. The van der Waals surface area contributed by atoms with Gasteiger partial charge >= 0.3 is 0 Å². The molecule has 1 aliphatic heterocycles. The molecule has 2 aromatic heterocycles. The number of hydrogen-bond donors (Lipinski definition) is 0. The number of ether oxygens (including phenoxy) is 1. The van der Waals surface area contributed by atoms with Crippen molar-refractivity contribution in [3.63, 3.8) is 0 Å². The molecule has 1 aromatic carbocycles. The fraction of sp³-hybridized carbons (Fsp3) is 0.263. The predicted molar refractivity (Wildman–Crippen MR) is 96.4 cm³/mol. The third-order valence-corrected chi connectivity index (χ3v) is 5.42. The number of thiazole rings is 1. The third-order valence-electron chi connectivity index (χ3n) is 4.38. The van der Waals surface area contributed by atoms with Crippen molar-refractivity contribution < 1.29 is 4.74 Å². The Labute approximate surface area is 145 Å². The number of methoxy groups -OCH3 is 1. The minimum atomic E-state index is 0.638. The van der Waals surface area contributed by atoms with Crippen LogP contribution in [0.5, 0.6) is 5.75 Å². The average molecular weight is 337 g/mol. The van der Waals surface area contributed by atoms with Crippen LogP contribution in [0.2, 0.25) is 0 Å². The van der Waals surface area contributed by atoms with Gasteiger partial charge < -0.3 is 4.74 Å². The van der Waals surface area contributed by atoms with Crippen molar-refractivity contribution in [1.82, 2.24) is 14.9 Å². The molecule has 122 valence electrons. The van der Waals surface area contributed by atoms with Crippen molar-refractivity contribution in [3.8, 4) is 16.3 Å². The van der Waals surface area contributed by atoms with Crippen LogP contribution >= 0.6 is 11.3 Å². The highest BCUT2D eigenvalue weighted by Gasteiger charge is 2.28. The van der Waals surface area contributed by atoms with E-state index < -0.39 is 0 Å². The van der Waals surface area contributed by atoms with Gasteiger partial charge in [-0.2, -0.15) is 0 Å². The van der Waals surface area contributed by atoms with Gasteiger partial charge in [0.1, 0.15) is 10.8 Å². The largest absolute Gasteiger partial charge is 0.497 e. The van der Waals surface area contributed by atoms with Crippen molar-refractivity contribution in [1.29, 1.82) is 0 Å². The summed E-state index contributed by atoms with van der Waals surface area (Å²) in [5, 5.41) is 1.05. The molecular weight excluding hydrogens is 318 g/mol. The molecule has 1 aliphatic rings. The Morgan fingerprint density at radius 3 is 2.83 bits per heavy atom. The number of rotatable bonds is 5. The monoisotopic (exact) mass is 337 g/mol. The Morgan fingerprint density at radius 1 is 1.21 bits per heavy atom. The Balaban J connectivity index is 1.38. The maximum atomic E-state index is 5.29. The molecular formula is C19H19N3OS. The lowest BCUT2D eigenvalue weighted by Gasteiger charge is -2.39. The molecule has 0 atom stereocenters. The van der Waals surface area contributed by atoms with Gasteiger partial charge in [-0.15, -0.1) is 11.3 Å². The van der Waals surface area contributed by atoms with Gasteiger partial charge in [0.15, 0.2) is 0 Å². The van der Waals surface area contributed by atoms with Crippen LogP contribution in [0.15, 0.2) is 55.0 Å². The van der Waals surface area contributed by atoms with Gasteiger partial charge in [-0.1, -0.05) is 12.1 Å².